The van der Waals surface area contributed by atoms with Crippen LogP contribution in [-0.2, 0) is 0 Å². The van der Waals surface area contributed by atoms with Crippen molar-refractivity contribution in [1.29, 1.82) is 0 Å². The minimum Gasteiger partial charge on any atom is -0.368 e. The summed E-state index contributed by atoms with van der Waals surface area (Å²) in [4.78, 5) is 13.9. The van der Waals surface area contributed by atoms with E-state index in [-0.39, 0.29) is 10.7 Å². The highest BCUT2D eigenvalue weighted by atomic mass is 35.5. The highest BCUT2D eigenvalue weighted by Crippen LogP contribution is 2.24. The molecule has 1 aromatic heterocycles. The zero-order valence-corrected chi connectivity index (χ0v) is 10.5. The van der Waals surface area contributed by atoms with Crippen LogP contribution in [0.2, 0.25) is 5.02 Å². The van der Waals surface area contributed by atoms with Crippen LogP contribution in [0.1, 0.15) is 6.92 Å². The largest absolute Gasteiger partial charge is 0.368 e. The van der Waals surface area contributed by atoms with Gasteiger partial charge in [-0.3, -0.25) is 10.1 Å². The summed E-state index contributed by atoms with van der Waals surface area (Å²) in [6.45, 7) is 2.78. The van der Waals surface area contributed by atoms with Crippen LogP contribution in [-0.4, -0.2) is 28.0 Å². The van der Waals surface area contributed by atoms with E-state index in [4.69, 9.17) is 11.6 Å². The van der Waals surface area contributed by atoms with Gasteiger partial charge < -0.3 is 5.32 Å². The molecule has 1 heterocycles. The number of nitrogens with one attached hydrogen (secondary N) is 1. The number of anilines is 1. The first-order valence-electron chi connectivity index (χ1n) is 4.61. The maximum absolute atomic E-state index is 10.5. The Morgan fingerprint density at radius 1 is 1.75 bits per heavy atom. The average molecular weight is 262 g/mol. The van der Waals surface area contributed by atoms with Gasteiger partial charge in [0.25, 0.3) is 5.69 Å². The van der Waals surface area contributed by atoms with E-state index in [9.17, 15) is 10.1 Å². The van der Waals surface area contributed by atoms with Gasteiger partial charge in [0, 0.05) is 17.9 Å². The van der Waals surface area contributed by atoms with Crippen molar-refractivity contribution in [1.82, 2.24) is 4.98 Å². The molecule has 0 bridgehead atoms. The van der Waals surface area contributed by atoms with Crippen LogP contribution in [0.3, 0.4) is 0 Å². The molecule has 0 saturated carbocycles. The molecule has 1 aromatic rings. The Morgan fingerprint density at radius 3 is 2.94 bits per heavy atom. The van der Waals surface area contributed by atoms with Gasteiger partial charge in [-0.25, -0.2) is 4.98 Å². The molecule has 0 saturated heterocycles. The van der Waals surface area contributed by atoms with E-state index in [1.165, 1.54) is 12.3 Å². The van der Waals surface area contributed by atoms with Crippen LogP contribution in [0.4, 0.5) is 11.5 Å². The van der Waals surface area contributed by atoms with Gasteiger partial charge in [0.1, 0.15) is 12.0 Å². The summed E-state index contributed by atoms with van der Waals surface area (Å²) in [5, 5.41) is 14.2. The molecule has 1 atom stereocenters. The standard InChI is InChI=1S/C9H12ClN3O2S/c1-6(16-2)4-11-9-8(10)3-7(5-12-9)13(14)15/h3,5-6H,4H2,1-2H3,(H,11,12). The molecule has 0 radical (unpaired) electrons. The first-order chi connectivity index (χ1) is 7.54. The summed E-state index contributed by atoms with van der Waals surface area (Å²) >= 11 is 7.58. The van der Waals surface area contributed by atoms with Crippen molar-refractivity contribution in [3.05, 3.63) is 27.4 Å². The second kappa shape index (κ2) is 5.91. The van der Waals surface area contributed by atoms with Gasteiger partial charge in [-0.1, -0.05) is 18.5 Å². The fraction of sp³-hybridized carbons (Fsp3) is 0.444. The topological polar surface area (TPSA) is 68.1 Å². The van der Waals surface area contributed by atoms with E-state index in [0.717, 1.165) is 0 Å². The molecule has 7 heteroatoms. The maximum atomic E-state index is 10.5. The molecular formula is C9H12ClN3O2S. The summed E-state index contributed by atoms with van der Waals surface area (Å²) < 4.78 is 0. The second-order valence-electron chi connectivity index (χ2n) is 3.21. The quantitative estimate of drug-likeness (QED) is 0.652. The number of hydrogen-bond donors (Lipinski definition) is 1. The maximum Gasteiger partial charge on any atom is 0.289 e. The van der Waals surface area contributed by atoms with Crippen molar-refractivity contribution in [3.63, 3.8) is 0 Å². The van der Waals surface area contributed by atoms with E-state index in [2.05, 4.69) is 17.2 Å². The van der Waals surface area contributed by atoms with Gasteiger partial charge in [-0.05, 0) is 6.26 Å². The van der Waals surface area contributed by atoms with Crippen LogP contribution < -0.4 is 5.32 Å². The summed E-state index contributed by atoms with van der Waals surface area (Å²) in [6, 6.07) is 1.29. The summed E-state index contributed by atoms with van der Waals surface area (Å²) in [5.74, 6) is 0.480. The number of aromatic nitrogens is 1. The molecule has 0 fully saturated rings. The fourth-order valence-corrected chi connectivity index (χ4v) is 1.46. The van der Waals surface area contributed by atoms with E-state index in [1.54, 1.807) is 11.8 Å². The third-order valence-electron chi connectivity index (χ3n) is 2.00. The van der Waals surface area contributed by atoms with Crippen molar-refractivity contribution in [2.45, 2.75) is 12.2 Å². The molecule has 0 amide bonds. The Balaban J connectivity index is 2.72. The van der Waals surface area contributed by atoms with Gasteiger partial charge >= 0.3 is 0 Å². The first kappa shape index (κ1) is 13.1. The third kappa shape index (κ3) is 3.53. The highest BCUT2D eigenvalue weighted by molar-refractivity contribution is 7.99. The lowest BCUT2D eigenvalue weighted by Gasteiger charge is -2.10. The average Bonchev–Trinajstić information content (AvgIpc) is 2.26. The van der Waals surface area contributed by atoms with Crippen LogP contribution in [0, 0.1) is 10.1 Å². The van der Waals surface area contributed by atoms with Crippen molar-refractivity contribution < 1.29 is 4.92 Å². The molecular weight excluding hydrogens is 250 g/mol. The monoisotopic (exact) mass is 261 g/mol. The van der Waals surface area contributed by atoms with Crippen LogP contribution in [0.15, 0.2) is 12.3 Å². The molecule has 0 spiro atoms. The molecule has 1 rings (SSSR count). The molecule has 16 heavy (non-hydrogen) atoms. The molecule has 0 aliphatic heterocycles. The SMILES string of the molecule is CSC(C)CNc1ncc([N+](=O)[O-])cc1Cl. The number of rotatable bonds is 5. The second-order valence-corrected chi connectivity index (χ2v) is 4.89. The summed E-state index contributed by atoms with van der Waals surface area (Å²) in [7, 11) is 0. The number of nitro groups is 1. The predicted molar refractivity (Wildman–Crippen MR) is 67.4 cm³/mol. The van der Waals surface area contributed by atoms with Gasteiger partial charge in [-0.15, -0.1) is 0 Å². The molecule has 0 aliphatic rings. The Bertz CT molecular complexity index is 389. The smallest absolute Gasteiger partial charge is 0.289 e. The third-order valence-corrected chi connectivity index (χ3v) is 3.26. The molecule has 0 aliphatic carbocycles. The van der Waals surface area contributed by atoms with Crippen LogP contribution >= 0.6 is 23.4 Å². The van der Waals surface area contributed by atoms with Gasteiger partial charge in [-0.2, -0.15) is 11.8 Å². The predicted octanol–water partition coefficient (Wildman–Crippen LogP) is 2.81. The van der Waals surface area contributed by atoms with Crippen molar-refractivity contribution >= 4 is 34.9 Å². The number of halogens is 1. The zero-order valence-electron chi connectivity index (χ0n) is 8.94. The normalized spacial score (nSPS) is 12.2. The zero-order chi connectivity index (χ0) is 12.1. The first-order valence-corrected chi connectivity index (χ1v) is 6.27. The van der Waals surface area contributed by atoms with Gasteiger partial charge in [0.05, 0.1) is 9.95 Å². The summed E-state index contributed by atoms with van der Waals surface area (Å²) in [6.07, 6.45) is 3.20. The number of thioether (sulfide) groups is 1. The Morgan fingerprint density at radius 2 is 2.44 bits per heavy atom. The van der Waals surface area contributed by atoms with Crippen LogP contribution in [0.5, 0.6) is 0 Å². The lowest BCUT2D eigenvalue weighted by Crippen LogP contribution is -2.13. The lowest BCUT2D eigenvalue weighted by molar-refractivity contribution is -0.385. The molecule has 88 valence electrons. The van der Waals surface area contributed by atoms with Crippen molar-refractivity contribution in [2.24, 2.45) is 0 Å². The Labute approximate surface area is 103 Å². The fourth-order valence-electron chi connectivity index (χ4n) is 0.981. The molecule has 0 aromatic carbocycles. The Kier molecular flexibility index (Phi) is 4.82. The van der Waals surface area contributed by atoms with E-state index >= 15 is 0 Å². The Hall–Kier alpha value is -1.01. The molecule has 1 unspecified atom stereocenters. The van der Waals surface area contributed by atoms with E-state index < -0.39 is 4.92 Å². The van der Waals surface area contributed by atoms with Gasteiger partial charge in [0.15, 0.2) is 0 Å². The number of hydrogen-bond acceptors (Lipinski definition) is 5. The molecule has 1 N–H and O–H groups in total. The lowest BCUT2D eigenvalue weighted by atomic mass is 10.4. The van der Waals surface area contributed by atoms with Gasteiger partial charge in [0.2, 0.25) is 0 Å². The van der Waals surface area contributed by atoms with Crippen LogP contribution in [0.25, 0.3) is 0 Å². The minimum atomic E-state index is -0.521. The van der Waals surface area contributed by atoms with E-state index in [0.29, 0.717) is 17.6 Å². The van der Waals surface area contributed by atoms with Crippen molar-refractivity contribution in [3.8, 4) is 0 Å². The number of nitrogens with zero attached hydrogens (tertiary/aromatic N) is 2. The van der Waals surface area contributed by atoms with Crippen molar-refractivity contribution in [2.75, 3.05) is 18.1 Å². The summed E-state index contributed by atoms with van der Waals surface area (Å²) in [5.41, 5.74) is -0.103. The highest BCUT2D eigenvalue weighted by Gasteiger charge is 2.11. The minimum absolute atomic E-state index is 0.103. The van der Waals surface area contributed by atoms with E-state index in [1.807, 2.05) is 6.26 Å². The number of pyridine rings is 1. The molecule has 5 nitrogen and oxygen atoms in total.